The van der Waals surface area contributed by atoms with Crippen LogP contribution in [0.25, 0.3) is 0 Å². The van der Waals surface area contributed by atoms with E-state index >= 15 is 0 Å². The molecule has 2 aromatic rings. The van der Waals surface area contributed by atoms with E-state index in [0.29, 0.717) is 5.88 Å². The molecule has 3 nitrogen and oxygen atoms in total. The van der Waals surface area contributed by atoms with Gasteiger partial charge in [0, 0.05) is 30.2 Å². The largest absolute Gasteiger partial charge is 0.310 e. The molecule has 2 heterocycles. The van der Waals surface area contributed by atoms with Crippen LogP contribution in [0.15, 0.2) is 30.6 Å². The number of benzene rings is 1. The first-order valence-electron chi connectivity index (χ1n) is 6.52. The molecule has 1 aliphatic rings. The number of aryl methyl sites for hydroxylation is 2. The molecule has 0 atom stereocenters. The lowest BCUT2D eigenvalue weighted by atomic mass is 10.00. The molecule has 98 valence electrons. The number of halogens is 1. The van der Waals surface area contributed by atoms with Gasteiger partial charge in [-0.2, -0.15) is 0 Å². The first-order chi connectivity index (χ1) is 9.28. The van der Waals surface area contributed by atoms with E-state index in [0.717, 1.165) is 30.9 Å². The lowest BCUT2D eigenvalue weighted by molar-refractivity contribution is 0.749. The minimum Gasteiger partial charge on any atom is -0.310 e. The van der Waals surface area contributed by atoms with Gasteiger partial charge < -0.3 is 4.90 Å². The van der Waals surface area contributed by atoms with E-state index in [1.54, 1.807) is 12.4 Å². The molecule has 1 aliphatic heterocycles. The van der Waals surface area contributed by atoms with Crippen LogP contribution >= 0.6 is 11.6 Å². The Morgan fingerprint density at radius 3 is 2.79 bits per heavy atom. The van der Waals surface area contributed by atoms with E-state index in [-0.39, 0.29) is 0 Å². The minimum atomic E-state index is 0.454. The second kappa shape index (κ2) is 5.17. The van der Waals surface area contributed by atoms with E-state index in [4.69, 9.17) is 11.6 Å². The third kappa shape index (κ3) is 2.43. The molecule has 0 spiro atoms. The molecule has 4 heteroatoms. The molecule has 0 aliphatic carbocycles. The predicted octanol–water partition coefficient (Wildman–Crippen LogP) is 3.61. The van der Waals surface area contributed by atoms with Crippen LogP contribution in [-0.2, 0) is 12.3 Å². The van der Waals surface area contributed by atoms with Crippen LogP contribution in [-0.4, -0.2) is 16.5 Å². The van der Waals surface area contributed by atoms with Gasteiger partial charge in [0.05, 0.1) is 5.88 Å². The highest BCUT2D eigenvalue weighted by atomic mass is 35.5. The smallest absolute Gasteiger partial charge is 0.229 e. The summed E-state index contributed by atoms with van der Waals surface area (Å²) in [6.07, 6.45) is 5.87. The van der Waals surface area contributed by atoms with Crippen LogP contribution in [0.4, 0.5) is 11.6 Å². The van der Waals surface area contributed by atoms with E-state index in [2.05, 4.69) is 40.0 Å². The third-order valence-corrected chi connectivity index (χ3v) is 3.75. The van der Waals surface area contributed by atoms with Crippen LogP contribution in [0.5, 0.6) is 0 Å². The standard InChI is InChI=1S/C15H16ClN3/c1-11-4-5-14-13(7-11)3-2-6-19(14)15-17-9-12(8-16)10-18-15/h4-5,7,9-10H,2-3,6,8H2,1H3. The average molecular weight is 274 g/mol. The van der Waals surface area contributed by atoms with Gasteiger partial charge in [-0.15, -0.1) is 11.6 Å². The van der Waals surface area contributed by atoms with Crippen LogP contribution in [0.2, 0.25) is 0 Å². The molecule has 1 aromatic carbocycles. The summed E-state index contributed by atoms with van der Waals surface area (Å²) in [4.78, 5) is 11.0. The Morgan fingerprint density at radius 2 is 2.05 bits per heavy atom. The van der Waals surface area contributed by atoms with Gasteiger partial charge in [0.15, 0.2) is 0 Å². The number of rotatable bonds is 2. The normalized spacial score (nSPS) is 14.3. The Bertz CT molecular complexity index is 580. The van der Waals surface area contributed by atoms with Crippen LogP contribution in [0.3, 0.4) is 0 Å². The summed E-state index contributed by atoms with van der Waals surface area (Å²) in [5, 5.41) is 0. The Kier molecular flexibility index (Phi) is 3.38. The second-order valence-electron chi connectivity index (χ2n) is 4.91. The molecule has 0 amide bonds. The molecular weight excluding hydrogens is 258 g/mol. The Morgan fingerprint density at radius 1 is 1.26 bits per heavy atom. The van der Waals surface area contributed by atoms with Crippen molar-refractivity contribution in [1.29, 1.82) is 0 Å². The zero-order chi connectivity index (χ0) is 13.2. The van der Waals surface area contributed by atoms with Crippen LogP contribution in [0, 0.1) is 6.92 Å². The zero-order valence-electron chi connectivity index (χ0n) is 10.9. The number of alkyl halides is 1. The molecule has 0 unspecified atom stereocenters. The van der Waals surface area contributed by atoms with Gasteiger partial charge in [-0.3, -0.25) is 0 Å². The molecule has 0 radical (unpaired) electrons. The van der Waals surface area contributed by atoms with Gasteiger partial charge in [-0.25, -0.2) is 9.97 Å². The summed E-state index contributed by atoms with van der Waals surface area (Å²) in [5.74, 6) is 1.22. The quantitative estimate of drug-likeness (QED) is 0.783. The number of fused-ring (bicyclic) bond motifs is 1. The van der Waals surface area contributed by atoms with Crippen molar-refractivity contribution < 1.29 is 0 Å². The van der Waals surface area contributed by atoms with Gasteiger partial charge in [0.2, 0.25) is 5.95 Å². The Labute approximate surface area is 118 Å². The lowest BCUT2D eigenvalue weighted by Gasteiger charge is -2.29. The van der Waals surface area contributed by atoms with Crippen molar-refractivity contribution in [3.05, 3.63) is 47.3 Å². The first-order valence-corrected chi connectivity index (χ1v) is 7.05. The molecule has 1 aromatic heterocycles. The number of hydrogen-bond donors (Lipinski definition) is 0. The molecular formula is C15H16ClN3. The Balaban J connectivity index is 1.98. The van der Waals surface area contributed by atoms with Gasteiger partial charge in [-0.1, -0.05) is 17.7 Å². The van der Waals surface area contributed by atoms with Crippen molar-refractivity contribution in [2.24, 2.45) is 0 Å². The van der Waals surface area contributed by atoms with Crippen molar-refractivity contribution in [2.75, 3.05) is 11.4 Å². The van der Waals surface area contributed by atoms with E-state index in [1.807, 2.05) is 0 Å². The Hall–Kier alpha value is -1.61. The second-order valence-corrected chi connectivity index (χ2v) is 5.18. The van der Waals surface area contributed by atoms with Crippen molar-refractivity contribution in [3.63, 3.8) is 0 Å². The zero-order valence-corrected chi connectivity index (χ0v) is 11.7. The fourth-order valence-electron chi connectivity index (χ4n) is 2.49. The first kappa shape index (κ1) is 12.4. The average Bonchev–Trinajstić information content (AvgIpc) is 2.46. The van der Waals surface area contributed by atoms with Gasteiger partial charge in [0.1, 0.15) is 0 Å². The maximum Gasteiger partial charge on any atom is 0.229 e. The predicted molar refractivity (Wildman–Crippen MR) is 78.1 cm³/mol. The number of nitrogens with zero attached hydrogens (tertiary/aromatic N) is 3. The number of hydrogen-bond acceptors (Lipinski definition) is 3. The molecule has 0 N–H and O–H groups in total. The highest BCUT2D eigenvalue weighted by Gasteiger charge is 2.19. The SMILES string of the molecule is Cc1ccc2c(c1)CCCN2c1ncc(CCl)cn1. The highest BCUT2D eigenvalue weighted by Crippen LogP contribution is 2.31. The fraction of sp³-hybridized carbons (Fsp3) is 0.333. The third-order valence-electron chi connectivity index (χ3n) is 3.44. The molecule has 0 bridgehead atoms. The molecule has 0 saturated carbocycles. The molecule has 3 rings (SSSR count). The topological polar surface area (TPSA) is 29.0 Å². The fourth-order valence-corrected chi connectivity index (χ4v) is 2.63. The molecule has 0 saturated heterocycles. The van der Waals surface area contributed by atoms with Gasteiger partial charge in [0.25, 0.3) is 0 Å². The molecule has 19 heavy (non-hydrogen) atoms. The number of aromatic nitrogens is 2. The van der Waals surface area contributed by atoms with Crippen molar-refractivity contribution in [3.8, 4) is 0 Å². The monoisotopic (exact) mass is 273 g/mol. The number of anilines is 2. The highest BCUT2D eigenvalue weighted by molar-refractivity contribution is 6.17. The summed E-state index contributed by atoms with van der Waals surface area (Å²) in [7, 11) is 0. The van der Waals surface area contributed by atoms with Crippen LogP contribution < -0.4 is 4.90 Å². The van der Waals surface area contributed by atoms with Gasteiger partial charge in [-0.05, 0) is 31.4 Å². The summed E-state index contributed by atoms with van der Waals surface area (Å²) < 4.78 is 0. The minimum absolute atomic E-state index is 0.454. The van der Waals surface area contributed by atoms with Crippen LogP contribution in [0.1, 0.15) is 23.1 Å². The van der Waals surface area contributed by atoms with E-state index in [9.17, 15) is 0 Å². The van der Waals surface area contributed by atoms with Crippen molar-refractivity contribution >= 4 is 23.2 Å². The summed E-state index contributed by atoms with van der Waals surface area (Å²) >= 11 is 5.77. The lowest BCUT2D eigenvalue weighted by Crippen LogP contribution is -2.26. The summed E-state index contributed by atoms with van der Waals surface area (Å²) in [5.41, 5.74) is 4.87. The summed E-state index contributed by atoms with van der Waals surface area (Å²) in [6.45, 7) is 3.10. The van der Waals surface area contributed by atoms with E-state index < -0.39 is 0 Å². The van der Waals surface area contributed by atoms with Crippen molar-refractivity contribution in [1.82, 2.24) is 9.97 Å². The molecule has 0 fully saturated rings. The summed E-state index contributed by atoms with van der Waals surface area (Å²) in [6, 6.07) is 6.57. The maximum absolute atomic E-state index is 5.77. The van der Waals surface area contributed by atoms with Crippen molar-refractivity contribution in [2.45, 2.75) is 25.6 Å². The van der Waals surface area contributed by atoms with E-state index in [1.165, 1.54) is 16.8 Å². The van der Waals surface area contributed by atoms with Gasteiger partial charge >= 0.3 is 0 Å². The maximum atomic E-state index is 5.77.